The summed E-state index contributed by atoms with van der Waals surface area (Å²) < 4.78 is 72.8. The quantitative estimate of drug-likeness (QED) is 0.430. The average Bonchev–Trinajstić information content (AvgIpc) is 2.06. The zero-order chi connectivity index (χ0) is 11.8. The van der Waals surface area contributed by atoms with Gasteiger partial charge in [-0.05, 0) is 28.7 Å². The van der Waals surface area contributed by atoms with Crippen LogP contribution >= 0.6 is 22.6 Å². The van der Waals surface area contributed by atoms with Crippen molar-refractivity contribution in [3.8, 4) is 0 Å². The van der Waals surface area contributed by atoms with Crippen LogP contribution < -0.4 is 0 Å². The number of pyridine rings is 1. The van der Waals surface area contributed by atoms with Gasteiger partial charge in [-0.3, -0.25) is 0 Å². The van der Waals surface area contributed by atoms with Gasteiger partial charge < -0.3 is 0 Å². The Bertz CT molecular complexity index is 374. The summed E-state index contributed by atoms with van der Waals surface area (Å²) >= 11 is 1.13. The predicted octanol–water partition coefficient (Wildman–Crippen LogP) is 3.78. The van der Waals surface area contributed by atoms with Crippen LogP contribution in [-0.2, 0) is 6.18 Å². The second-order valence-corrected chi connectivity index (χ2v) is 3.52. The van der Waals surface area contributed by atoms with E-state index in [1.54, 1.807) is 0 Å². The van der Waals surface area contributed by atoms with Gasteiger partial charge in [0.25, 0.3) is 6.43 Å². The van der Waals surface area contributed by atoms with Crippen molar-refractivity contribution >= 4 is 22.6 Å². The fourth-order valence-electron chi connectivity index (χ4n) is 0.821. The highest BCUT2D eigenvalue weighted by Gasteiger charge is 2.35. The second kappa shape index (κ2) is 4.14. The molecule has 15 heavy (non-hydrogen) atoms. The lowest BCUT2D eigenvalue weighted by Crippen LogP contribution is -2.11. The van der Waals surface area contributed by atoms with Gasteiger partial charge >= 0.3 is 6.18 Å². The van der Waals surface area contributed by atoms with Gasteiger partial charge in [0.05, 0.1) is 5.56 Å². The van der Waals surface area contributed by atoms with Crippen molar-refractivity contribution in [1.29, 1.82) is 0 Å². The van der Waals surface area contributed by atoms with Gasteiger partial charge in [-0.25, -0.2) is 18.2 Å². The third kappa shape index (κ3) is 2.73. The van der Waals surface area contributed by atoms with Crippen LogP contribution in [0.3, 0.4) is 0 Å². The van der Waals surface area contributed by atoms with E-state index < -0.39 is 33.4 Å². The number of hydrogen-bond donors (Lipinski definition) is 0. The van der Waals surface area contributed by atoms with Crippen molar-refractivity contribution in [2.75, 3.05) is 0 Å². The molecule has 0 bridgehead atoms. The molecule has 0 amide bonds. The molecule has 0 aromatic carbocycles. The molecule has 1 nitrogen and oxygen atoms in total. The molecular weight excluding hydrogens is 339 g/mol. The summed E-state index contributed by atoms with van der Waals surface area (Å²) in [7, 11) is 0. The monoisotopic (exact) mass is 341 g/mol. The Labute approximate surface area is 93.6 Å². The summed E-state index contributed by atoms with van der Waals surface area (Å²) in [5.74, 6) is -1.42. The molecule has 1 aromatic heterocycles. The van der Waals surface area contributed by atoms with Crippen LogP contribution in [0.4, 0.5) is 26.3 Å². The van der Waals surface area contributed by atoms with Crippen LogP contribution in [0.1, 0.15) is 17.7 Å². The summed E-state index contributed by atoms with van der Waals surface area (Å²) in [5, 5.41) is 0. The number of aromatic nitrogens is 1. The Hall–Kier alpha value is -0.540. The summed E-state index contributed by atoms with van der Waals surface area (Å²) in [4.78, 5) is 2.84. The molecule has 0 N–H and O–H groups in total. The van der Waals surface area contributed by atoms with Crippen LogP contribution in [-0.4, -0.2) is 4.98 Å². The SMILES string of the molecule is Fc1c(C(F)F)cc(C(F)(F)F)nc1I. The lowest BCUT2D eigenvalue weighted by Gasteiger charge is -2.09. The second-order valence-electron chi connectivity index (χ2n) is 2.50. The van der Waals surface area contributed by atoms with Gasteiger partial charge in [-0.2, -0.15) is 13.2 Å². The van der Waals surface area contributed by atoms with E-state index in [-0.39, 0.29) is 6.07 Å². The van der Waals surface area contributed by atoms with Crippen LogP contribution in [0.15, 0.2) is 6.07 Å². The van der Waals surface area contributed by atoms with Crippen molar-refractivity contribution in [1.82, 2.24) is 4.98 Å². The van der Waals surface area contributed by atoms with Crippen LogP contribution in [0.5, 0.6) is 0 Å². The van der Waals surface area contributed by atoms with E-state index in [9.17, 15) is 26.3 Å². The molecule has 0 spiro atoms. The lowest BCUT2D eigenvalue weighted by molar-refractivity contribution is -0.141. The van der Waals surface area contributed by atoms with Crippen LogP contribution in [0, 0.1) is 9.52 Å². The Morgan fingerprint density at radius 2 is 1.80 bits per heavy atom. The van der Waals surface area contributed by atoms with Crippen molar-refractivity contribution in [2.45, 2.75) is 12.6 Å². The Kier molecular flexibility index (Phi) is 3.46. The highest BCUT2D eigenvalue weighted by Crippen LogP contribution is 2.32. The Morgan fingerprint density at radius 1 is 1.27 bits per heavy atom. The predicted molar refractivity (Wildman–Crippen MR) is 46.9 cm³/mol. The largest absolute Gasteiger partial charge is 0.433 e. The van der Waals surface area contributed by atoms with Gasteiger partial charge in [0.15, 0.2) is 5.82 Å². The van der Waals surface area contributed by atoms with E-state index in [1.165, 1.54) is 0 Å². The highest BCUT2D eigenvalue weighted by molar-refractivity contribution is 14.1. The first-order chi connectivity index (χ1) is 6.73. The van der Waals surface area contributed by atoms with E-state index >= 15 is 0 Å². The zero-order valence-electron chi connectivity index (χ0n) is 6.75. The zero-order valence-corrected chi connectivity index (χ0v) is 8.91. The molecule has 8 heteroatoms. The maximum atomic E-state index is 12.9. The number of rotatable bonds is 1. The molecule has 0 radical (unpaired) electrons. The molecule has 0 aliphatic carbocycles. The first kappa shape index (κ1) is 12.5. The van der Waals surface area contributed by atoms with Crippen LogP contribution in [0.2, 0.25) is 0 Å². The van der Waals surface area contributed by atoms with Gasteiger partial charge in [-0.1, -0.05) is 0 Å². The maximum Gasteiger partial charge on any atom is 0.433 e. The Balaban J connectivity index is 3.36. The molecule has 1 rings (SSSR count). The molecule has 0 aliphatic rings. The topological polar surface area (TPSA) is 12.9 Å². The van der Waals surface area contributed by atoms with Crippen molar-refractivity contribution in [3.63, 3.8) is 0 Å². The van der Waals surface area contributed by atoms with Gasteiger partial charge in [-0.15, -0.1) is 0 Å². The van der Waals surface area contributed by atoms with Crippen molar-refractivity contribution in [2.24, 2.45) is 0 Å². The maximum absolute atomic E-state index is 12.9. The first-order valence-electron chi connectivity index (χ1n) is 3.44. The third-order valence-corrected chi connectivity index (χ3v) is 2.19. The fourth-order valence-corrected chi connectivity index (χ4v) is 1.39. The molecule has 0 saturated heterocycles. The standard InChI is InChI=1S/C7H2F6IN/c8-4-2(5(9)10)1-3(7(11,12)13)15-6(4)14/h1,5H. The fraction of sp³-hybridized carbons (Fsp3) is 0.286. The summed E-state index contributed by atoms with van der Waals surface area (Å²) in [6, 6.07) is 0.0160. The molecule has 0 aliphatic heterocycles. The smallest absolute Gasteiger partial charge is 0.234 e. The van der Waals surface area contributed by atoms with E-state index in [1.807, 2.05) is 0 Å². The third-order valence-electron chi connectivity index (χ3n) is 1.47. The molecule has 0 fully saturated rings. The number of alkyl halides is 5. The molecule has 1 aromatic rings. The number of halogens is 7. The average molecular weight is 341 g/mol. The number of hydrogen-bond acceptors (Lipinski definition) is 1. The Morgan fingerprint density at radius 3 is 2.20 bits per heavy atom. The normalized spacial score (nSPS) is 12.3. The van der Waals surface area contributed by atoms with Gasteiger partial charge in [0, 0.05) is 0 Å². The van der Waals surface area contributed by atoms with Gasteiger partial charge in [0.2, 0.25) is 0 Å². The molecule has 0 saturated carbocycles. The van der Waals surface area contributed by atoms with E-state index in [0.29, 0.717) is 0 Å². The van der Waals surface area contributed by atoms with Crippen molar-refractivity contribution in [3.05, 3.63) is 26.8 Å². The minimum atomic E-state index is -4.86. The molecular formula is C7H2F6IN. The summed E-state index contributed by atoms with van der Waals surface area (Å²) in [6.07, 6.45) is -8.17. The van der Waals surface area contributed by atoms with E-state index in [2.05, 4.69) is 4.98 Å². The molecule has 1 heterocycles. The molecule has 84 valence electrons. The molecule has 0 atom stereocenters. The van der Waals surface area contributed by atoms with Crippen molar-refractivity contribution < 1.29 is 26.3 Å². The highest BCUT2D eigenvalue weighted by atomic mass is 127. The van der Waals surface area contributed by atoms with E-state index in [4.69, 9.17) is 0 Å². The first-order valence-corrected chi connectivity index (χ1v) is 4.52. The van der Waals surface area contributed by atoms with E-state index in [0.717, 1.165) is 22.6 Å². The molecule has 0 unspecified atom stereocenters. The minimum Gasteiger partial charge on any atom is -0.234 e. The summed E-state index contributed by atoms with van der Waals surface area (Å²) in [5.41, 5.74) is -2.81. The number of nitrogens with zero attached hydrogens (tertiary/aromatic N) is 1. The minimum absolute atomic E-state index is 0.0160. The van der Waals surface area contributed by atoms with Crippen LogP contribution in [0.25, 0.3) is 0 Å². The van der Waals surface area contributed by atoms with Gasteiger partial charge in [0.1, 0.15) is 9.39 Å². The summed E-state index contributed by atoms with van der Waals surface area (Å²) in [6.45, 7) is 0. The lowest BCUT2D eigenvalue weighted by atomic mass is 10.2.